The molecule has 0 aliphatic heterocycles. The van der Waals surface area contributed by atoms with Gasteiger partial charge in [0, 0.05) is 24.4 Å². The lowest BCUT2D eigenvalue weighted by molar-refractivity contribution is -0.115. The summed E-state index contributed by atoms with van der Waals surface area (Å²) < 4.78 is 13.5. The van der Waals surface area contributed by atoms with Crippen LogP contribution in [0.5, 0.6) is 0 Å². The maximum absolute atomic E-state index is 13.5. The van der Waals surface area contributed by atoms with Gasteiger partial charge in [0.1, 0.15) is 5.82 Å². The van der Waals surface area contributed by atoms with Crippen LogP contribution >= 0.6 is 0 Å². The lowest BCUT2D eigenvalue weighted by atomic mass is 10.2. The Morgan fingerprint density at radius 3 is 2.39 bits per heavy atom. The highest BCUT2D eigenvalue weighted by molar-refractivity contribution is 6.13. The van der Waals surface area contributed by atoms with Crippen LogP contribution in [0.15, 0.2) is 54.7 Å². The second kappa shape index (κ2) is 7.22. The molecule has 23 heavy (non-hydrogen) atoms. The maximum Gasteiger partial charge on any atom is 0.332 e. The van der Waals surface area contributed by atoms with Crippen LogP contribution in [0.4, 0.5) is 20.6 Å². The van der Waals surface area contributed by atoms with Crippen LogP contribution in [0.3, 0.4) is 0 Å². The van der Waals surface area contributed by atoms with E-state index in [4.69, 9.17) is 5.73 Å². The van der Waals surface area contributed by atoms with Crippen molar-refractivity contribution in [1.29, 1.82) is 0 Å². The Kier molecular flexibility index (Phi) is 5.09. The van der Waals surface area contributed by atoms with Gasteiger partial charge in [-0.05, 0) is 36.4 Å². The highest BCUT2D eigenvalue weighted by atomic mass is 19.1. The summed E-state index contributed by atoms with van der Waals surface area (Å²) in [5, 5.41) is 2.44. The molecule has 0 aromatic heterocycles. The molecule has 0 atom stereocenters. The molecule has 5 nitrogen and oxygen atoms in total. The van der Waals surface area contributed by atoms with Crippen molar-refractivity contribution in [2.75, 3.05) is 10.6 Å². The van der Waals surface area contributed by atoms with E-state index in [1.165, 1.54) is 25.3 Å². The van der Waals surface area contributed by atoms with E-state index in [9.17, 15) is 14.0 Å². The van der Waals surface area contributed by atoms with Gasteiger partial charge in [0.05, 0.1) is 5.69 Å². The number of halogens is 1. The van der Waals surface area contributed by atoms with Crippen LogP contribution in [-0.4, -0.2) is 11.9 Å². The third-order valence-electron chi connectivity index (χ3n) is 3.04. The number of nitrogens with two attached hydrogens (primary N) is 1. The van der Waals surface area contributed by atoms with E-state index in [2.05, 4.69) is 5.32 Å². The number of amides is 3. The summed E-state index contributed by atoms with van der Waals surface area (Å²) in [5.74, 6) is -0.855. The van der Waals surface area contributed by atoms with Gasteiger partial charge in [0.15, 0.2) is 0 Å². The number of carbonyl (C=O) groups is 2. The van der Waals surface area contributed by atoms with E-state index in [1.54, 1.807) is 42.5 Å². The van der Waals surface area contributed by atoms with Gasteiger partial charge in [-0.3, -0.25) is 4.79 Å². The Hall–Kier alpha value is -3.15. The fraction of sp³-hybridized carbons (Fsp3) is 0.0588. The molecule has 0 unspecified atom stereocenters. The number of hydrogen-bond acceptors (Lipinski definition) is 3. The van der Waals surface area contributed by atoms with E-state index in [0.717, 1.165) is 4.90 Å². The molecule has 2 aromatic rings. The third kappa shape index (κ3) is 4.16. The molecule has 0 aliphatic carbocycles. The largest absolute Gasteiger partial charge is 0.399 e. The molecular formula is C17H16FN3O2. The first-order valence-corrected chi connectivity index (χ1v) is 6.87. The fourth-order valence-corrected chi connectivity index (χ4v) is 1.94. The van der Waals surface area contributed by atoms with Gasteiger partial charge in [-0.25, -0.2) is 14.1 Å². The van der Waals surface area contributed by atoms with Crippen molar-refractivity contribution < 1.29 is 14.0 Å². The lowest BCUT2D eigenvalue weighted by Crippen LogP contribution is -2.40. The third-order valence-corrected chi connectivity index (χ3v) is 3.04. The quantitative estimate of drug-likeness (QED) is 0.855. The Bertz CT molecular complexity index is 742. The van der Waals surface area contributed by atoms with Crippen molar-refractivity contribution in [3.05, 3.63) is 66.1 Å². The Morgan fingerprint density at radius 2 is 1.78 bits per heavy atom. The van der Waals surface area contributed by atoms with Crippen LogP contribution in [0.25, 0.3) is 6.08 Å². The first kappa shape index (κ1) is 16.2. The van der Waals surface area contributed by atoms with Crippen molar-refractivity contribution in [1.82, 2.24) is 5.32 Å². The van der Waals surface area contributed by atoms with Gasteiger partial charge in [0.2, 0.25) is 5.91 Å². The van der Waals surface area contributed by atoms with Crippen molar-refractivity contribution in [3.8, 4) is 0 Å². The number of nitrogen functional groups attached to an aromatic ring is 1. The summed E-state index contributed by atoms with van der Waals surface area (Å²) in [5.41, 5.74) is 6.83. The molecule has 118 valence electrons. The normalized spacial score (nSPS) is 10.5. The zero-order valence-electron chi connectivity index (χ0n) is 12.5. The molecule has 0 fully saturated rings. The summed E-state index contributed by atoms with van der Waals surface area (Å²) in [6.45, 7) is 1.27. The van der Waals surface area contributed by atoms with E-state index in [0.29, 0.717) is 16.9 Å². The standard InChI is InChI=1S/C17H16FN3O2/c1-12(22)21(15-8-6-14(19)7-9-15)17(23)20-11-10-13-4-2-3-5-16(13)18/h2-11H,19H2,1H3,(H,20,23)/b11-10+. The van der Waals surface area contributed by atoms with E-state index in [-0.39, 0.29) is 0 Å². The molecule has 3 N–H and O–H groups in total. The van der Waals surface area contributed by atoms with Crippen LogP contribution in [-0.2, 0) is 4.79 Å². The average Bonchev–Trinajstić information content (AvgIpc) is 2.51. The number of rotatable bonds is 3. The number of urea groups is 1. The van der Waals surface area contributed by atoms with Crippen molar-refractivity contribution in [3.63, 3.8) is 0 Å². The van der Waals surface area contributed by atoms with Gasteiger partial charge in [-0.15, -0.1) is 0 Å². The van der Waals surface area contributed by atoms with Crippen molar-refractivity contribution in [2.45, 2.75) is 6.92 Å². The number of imide groups is 1. The summed E-state index contributed by atoms with van der Waals surface area (Å²) in [7, 11) is 0. The molecular weight excluding hydrogens is 297 g/mol. The second-order valence-corrected chi connectivity index (χ2v) is 4.75. The monoisotopic (exact) mass is 313 g/mol. The molecule has 2 rings (SSSR count). The molecule has 0 saturated carbocycles. The number of hydrogen-bond donors (Lipinski definition) is 2. The highest BCUT2D eigenvalue weighted by Gasteiger charge is 2.18. The highest BCUT2D eigenvalue weighted by Crippen LogP contribution is 2.17. The van der Waals surface area contributed by atoms with Crippen LogP contribution in [0.1, 0.15) is 12.5 Å². The van der Waals surface area contributed by atoms with Crippen molar-refractivity contribution in [2.24, 2.45) is 0 Å². The van der Waals surface area contributed by atoms with Gasteiger partial charge in [0.25, 0.3) is 0 Å². The molecule has 0 aliphatic rings. The van der Waals surface area contributed by atoms with Gasteiger partial charge >= 0.3 is 6.03 Å². The molecule has 0 heterocycles. The number of anilines is 2. The number of nitrogens with one attached hydrogen (secondary N) is 1. The van der Waals surface area contributed by atoms with Crippen LogP contribution in [0.2, 0.25) is 0 Å². The molecule has 2 aromatic carbocycles. The molecule has 0 spiro atoms. The Balaban J connectivity index is 2.12. The second-order valence-electron chi connectivity index (χ2n) is 4.75. The average molecular weight is 313 g/mol. The molecule has 3 amide bonds. The smallest absolute Gasteiger partial charge is 0.332 e. The maximum atomic E-state index is 13.5. The lowest BCUT2D eigenvalue weighted by Gasteiger charge is -2.18. The summed E-state index contributed by atoms with van der Waals surface area (Å²) in [6.07, 6.45) is 2.70. The first-order valence-electron chi connectivity index (χ1n) is 6.87. The SMILES string of the molecule is CC(=O)N(C(=O)N/C=C/c1ccccc1F)c1ccc(N)cc1. The number of carbonyl (C=O) groups excluding carboxylic acids is 2. The van der Waals surface area contributed by atoms with E-state index in [1.807, 2.05) is 0 Å². The number of benzene rings is 2. The van der Waals surface area contributed by atoms with E-state index < -0.39 is 17.8 Å². The van der Waals surface area contributed by atoms with Gasteiger partial charge < -0.3 is 11.1 Å². The zero-order chi connectivity index (χ0) is 16.8. The molecule has 0 radical (unpaired) electrons. The number of nitrogens with zero attached hydrogens (tertiary/aromatic N) is 1. The van der Waals surface area contributed by atoms with Crippen molar-refractivity contribution >= 4 is 29.4 Å². The fourth-order valence-electron chi connectivity index (χ4n) is 1.94. The summed E-state index contributed by atoms with van der Waals surface area (Å²) in [4.78, 5) is 24.8. The Labute approximate surface area is 133 Å². The molecule has 6 heteroatoms. The van der Waals surface area contributed by atoms with Gasteiger partial charge in [-0.1, -0.05) is 18.2 Å². The summed E-state index contributed by atoms with van der Waals surface area (Å²) >= 11 is 0. The minimum absolute atomic E-state index is 0.328. The minimum atomic E-state index is -0.644. The van der Waals surface area contributed by atoms with Gasteiger partial charge in [-0.2, -0.15) is 0 Å². The predicted octanol–water partition coefficient (Wildman–Crippen LogP) is 3.14. The topological polar surface area (TPSA) is 75.4 Å². The Morgan fingerprint density at radius 1 is 1.13 bits per heavy atom. The predicted molar refractivity (Wildman–Crippen MR) is 88.0 cm³/mol. The molecule has 0 saturated heterocycles. The molecule has 0 bridgehead atoms. The minimum Gasteiger partial charge on any atom is -0.399 e. The first-order chi connectivity index (χ1) is 11.0. The summed E-state index contributed by atoms with van der Waals surface area (Å²) in [6, 6.07) is 11.8. The van der Waals surface area contributed by atoms with E-state index >= 15 is 0 Å². The van der Waals surface area contributed by atoms with Crippen LogP contribution < -0.4 is 16.0 Å². The van der Waals surface area contributed by atoms with Crippen LogP contribution in [0, 0.1) is 5.82 Å². The zero-order valence-corrected chi connectivity index (χ0v) is 12.5.